The van der Waals surface area contributed by atoms with Crippen molar-refractivity contribution in [1.29, 1.82) is 0 Å². The van der Waals surface area contributed by atoms with Crippen LogP contribution in [-0.2, 0) is 6.54 Å². The number of pyridine rings is 2. The number of allylic oxidation sites excluding steroid dienone is 1. The van der Waals surface area contributed by atoms with Crippen molar-refractivity contribution in [2.75, 3.05) is 19.6 Å². The molecule has 2 aromatic heterocycles. The number of hydrogen-bond acceptors (Lipinski definition) is 5. The molecular formula is C25H26N4O. The molecule has 2 aliphatic rings. The Hall–Kier alpha value is -3.05. The molecule has 0 N–H and O–H groups in total. The van der Waals surface area contributed by atoms with E-state index in [1.165, 1.54) is 31.5 Å². The zero-order valence-corrected chi connectivity index (χ0v) is 17.3. The highest BCUT2D eigenvalue weighted by atomic mass is 16.5. The molecule has 5 heteroatoms. The van der Waals surface area contributed by atoms with Crippen molar-refractivity contribution < 1.29 is 4.74 Å². The first kappa shape index (κ1) is 18.9. The lowest BCUT2D eigenvalue weighted by molar-refractivity contribution is 0.183. The summed E-state index contributed by atoms with van der Waals surface area (Å²) in [6, 6.07) is 14.2. The Labute approximate surface area is 177 Å². The van der Waals surface area contributed by atoms with E-state index in [-0.39, 0.29) is 0 Å². The van der Waals surface area contributed by atoms with Gasteiger partial charge in [-0.15, -0.1) is 0 Å². The maximum atomic E-state index is 5.97. The third kappa shape index (κ3) is 4.26. The van der Waals surface area contributed by atoms with E-state index in [0.29, 0.717) is 5.88 Å². The van der Waals surface area contributed by atoms with Crippen molar-refractivity contribution in [1.82, 2.24) is 14.9 Å². The van der Waals surface area contributed by atoms with E-state index in [1.807, 2.05) is 48.8 Å². The lowest BCUT2D eigenvalue weighted by Gasteiger charge is -2.29. The SMILES string of the molecule is CC1CCN(Cc2ccc3cc(Oc4ccc(C5=CC=NC5)cn4)ccc3n2)CC1. The van der Waals surface area contributed by atoms with Crippen molar-refractivity contribution in [3.63, 3.8) is 0 Å². The standard InChI is InChI=1S/C25H26N4O/c1-18-9-12-29(13-10-18)17-22-4-2-19-14-23(5-6-24(19)28-22)30-25-7-3-20(16-27-25)21-8-11-26-15-21/h2-8,11,14,16,18H,9-10,12-13,15,17H2,1H3. The Bertz CT molecular complexity index is 1100. The second-order valence-corrected chi connectivity index (χ2v) is 8.28. The van der Waals surface area contributed by atoms with Crippen LogP contribution in [0.5, 0.6) is 11.6 Å². The molecule has 0 bridgehead atoms. The smallest absolute Gasteiger partial charge is 0.219 e. The molecule has 5 nitrogen and oxygen atoms in total. The highest BCUT2D eigenvalue weighted by Crippen LogP contribution is 2.26. The monoisotopic (exact) mass is 398 g/mol. The van der Waals surface area contributed by atoms with Gasteiger partial charge in [-0.1, -0.05) is 13.0 Å². The van der Waals surface area contributed by atoms with Gasteiger partial charge in [-0.05, 0) is 79.4 Å². The van der Waals surface area contributed by atoms with Crippen molar-refractivity contribution in [2.45, 2.75) is 26.3 Å². The Balaban J connectivity index is 1.27. The van der Waals surface area contributed by atoms with E-state index in [2.05, 4.69) is 33.9 Å². The first-order valence-corrected chi connectivity index (χ1v) is 10.7. The van der Waals surface area contributed by atoms with Crippen LogP contribution in [0.1, 0.15) is 31.0 Å². The number of nitrogens with zero attached hydrogens (tertiary/aromatic N) is 4. The molecule has 1 fully saturated rings. The number of hydrogen-bond donors (Lipinski definition) is 0. The van der Waals surface area contributed by atoms with Gasteiger partial charge in [-0.25, -0.2) is 4.98 Å². The number of likely N-dealkylation sites (tertiary alicyclic amines) is 1. The number of rotatable bonds is 5. The number of ether oxygens (including phenoxy) is 1. The second-order valence-electron chi connectivity index (χ2n) is 8.28. The summed E-state index contributed by atoms with van der Waals surface area (Å²) in [5.41, 5.74) is 4.40. The lowest BCUT2D eigenvalue weighted by Crippen LogP contribution is -2.32. The first-order chi connectivity index (χ1) is 14.7. The Morgan fingerprint density at radius 3 is 2.73 bits per heavy atom. The molecule has 1 saturated heterocycles. The second kappa shape index (κ2) is 8.36. The van der Waals surface area contributed by atoms with E-state index in [0.717, 1.165) is 46.9 Å². The zero-order chi connectivity index (χ0) is 20.3. The van der Waals surface area contributed by atoms with Gasteiger partial charge in [0.15, 0.2) is 0 Å². The quantitative estimate of drug-likeness (QED) is 0.598. The van der Waals surface area contributed by atoms with E-state index in [9.17, 15) is 0 Å². The molecule has 0 atom stereocenters. The van der Waals surface area contributed by atoms with E-state index >= 15 is 0 Å². The minimum atomic E-state index is 0.585. The van der Waals surface area contributed by atoms with Gasteiger partial charge in [0.1, 0.15) is 5.75 Å². The number of piperidine rings is 1. The van der Waals surface area contributed by atoms with Crippen LogP contribution >= 0.6 is 0 Å². The summed E-state index contributed by atoms with van der Waals surface area (Å²) >= 11 is 0. The van der Waals surface area contributed by atoms with Crippen molar-refractivity contribution in [3.05, 3.63) is 66.0 Å². The highest BCUT2D eigenvalue weighted by Gasteiger charge is 2.16. The van der Waals surface area contributed by atoms with Gasteiger partial charge >= 0.3 is 0 Å². The molecule has 4 heterocycles. The molecule has 0 spiro atoms. The van der Waals surface area contributed by atoms with Gasteiger partial charge in [0.05, 0.1) is 17.8 Å². The summed E-state index contributed by atoms with van der Waals surface area (Å²) in [4.78, 5) is 16.0. The topological polar surface area (TPSA) is 50.6 Å². The van der Waals surface area contributed by atoms with Crippen LogP contribution in [-0.4, -0.2) is 40.7 Å². The summed E-state index contributed by atoms with van der Waals surface area (Å²) in [5.74, 6) is 2.20. The molecule has 0 amide bonds. The molecule has 0 radical (unpaired) electrons. The Morgan fingerprint density at radius 2 is 1.97 bits per heavy atom. The van der Waals surface area contributed by atoms with Crippen LogP contribution < -0.4 is 4.74 Å². The van der Waals surface area contributed by atoms with E-state index < -0.39 is 0 Å². The molecule has 0 unspecified atom stereocenters. The van der Waals surface area contributed by atoms with Crippen molar-refractivity contribution >= 4 is 22.7 Å². The summed E-state index contributed by atoms with van der Waals surface area (Å²) in [6.07, 6.45) is 8.27. The average Bonchev–Trinajstić information content (AvgIpc) is 3.31. The molecule has 0 saturated carbocycles. The minimum absolute atomic E-state index is 0.585. The van der Waals surface area contributed by atoms with Crippen LogP contribution in [0, 0.1) is 5.92 Å². The Morgan fingerprint density at radius 1 is 1.07 bits per heavy atom. The molecular weight excluding hydrogens is 372 g/mol. The van der Waals surface area contributed by atoms with Gasteiger partial charge in [0.2, 0.25) is 5.88 Å². The molecule has 30 heavy (non-hydrogen) atoms. The number of fused-ring (bicyclic) bond motifs is 1. The van der Waals surface area contributed by atoms with E-state index in [1.54, 1.807) is 0 Å². The third-order valence-electron chi connectivity index (χ3n) is 5.95. The van der Waals surface area contributed by atoms with Crippen LogP contribution in [0.4, 0.5) is 0 Å². The summed E-state index contributed by atoms with van der Waals surface area (Å²) in [5, 5.41) is 1.08. The van der Waals surface area contributed by atoms with Gasteiger partial charge in [-0.2, -0.15) is 0 Å². The van der Waals surface area contributed by atoms with Gasteiger partial charge < -0.3 is 4.74 Å². The first-order valence-electron chi connectivity index (χ1n) is 10.7. The van der Waals surface area contributed by atoms with Gasteiger partial charge in [0.25, 0.3) is 0 Å². The number of aromatic nitrogens is 2. The summed E-state index contributed by atoms with van der Waals surface area (Å²) in [6.45, 7) is 6.34. The van der Waals surface area contributed by atoms with Crippen LogP contribution in [0.3, 0.4) is 0 Å². The van der Waals surface area contributed by atoms with E-state index in [4.69, 9.17) is 9.72 Å². The molecule has 1 aromatic carbocycles. The molecule has 2 aliphatic heterocycles. The van der Waals surface area contributed by atoms with Crippen molar-refractivity contribution in [3.8, 4) is 11.6 Å². The fourth-order valence-corrected chi connectivity index (χ4v) is 4.03. The predicted octanol–water partition coefficient (Wildman–Crippen LogP) is 5.12. The fourth-order valence-electron chi connectivity index (χ4n) is 4.03. The lowest BCUT2D eigenvalue weighted by atomic mass is 9.99. The Kier molecular flexibility index (Phi) is 5.28. The van der Waals surface area contributed by atoms with Crippen LogP contribution in [0.2, 0.25) is 0 Å². The predicted molar refractivity (Wildman–Crippen MR) is 121 cm³/mol. The van der Waals surface area contributed by atoms with Crippen molar-refractivity contribution in [2.24, 2.45) is 10.9 Å². The fraction of sp³-hybridized carbons (Fsp3) is 0.320. The largest absolute Gasteiger partial charge is 0.439 e. The normalized spacial score (nSPS) is 17.4. The minimum Gasteiger partial charge on any atom is -0.439 e. The maximum Gasteiger partial charge on any atom is 0.219 e. The summed E-state index contributed by atoms with van der Waals surface area (Å²) < 4.78 is 5.97. The third-order valence-corrected chi connectivity index (χ3v) is 5.95. The zero-order valence-electron chi connectivity index (χ0n) is 17.3. The highest BCUT2D eigenvalue weighted by molar-refractivity contribution is 5.89. The van der Waals surface area contributed by atoms with Gasteiger partial charge in [-0.3, -0.25) is 14.9 Å². The van der Waals surface area contributed by atoms with Gasteiger partial charge in [0, 0.05) is 30.4 Å². The van der Waals surface area contributed by atoms with Crippen LogP contribution in [0.15, 0.2) is 59.7 Å². The van der Waals surface area contributed by atoms with Crippen LogP contribution in [0.25, 0.3) is 16.5 Å². The number of aliphatic imine (C=N–C) groups is 1. The molecule has 0 aliphatic carbocycles. The number of benzene rings is 1. The summed E-state index contributed by atoms with van der Waals surface area (Å²) in [7, 11) is 0. The molecule has 3 aromatic rings. The maximum absolute atomic E-state index is 5.97. The average molecular weight is 399 g/mol. The molecule has 5 rings (SSSR count). The molecule has 152 valence electrons.